The minimum atomic E-state index is 0.467. The smallest absolute Gasteiger partial charge is 0.191 e. The van der Waals surface area contributed by atoms with Crippen LogP contribution in [0.4, 0.5) is 0 Å². The van der Waals surface area contributed by atoms with Crippen molar-refractivity contribution in [2.45, 2.75) is 0 Å². The predicted molar refractivity (Wildman–Crippen MR) is 81.1 cm³/mol. The number of benzene rings is 2. The lowest BCUT2D eigenvalue weighted by molar-refractivity contribution is 0.357. The molecular formula is C12H4Br3ClO2. The minimum absolute atomic E-state index is 0.467. The molecule has 3 rings (SSSR count). The number of ether oxygens (including phenoxy) is 2. The van der Waals surface area contributed by atoms with Gasteiger partial charge in [-0.15, -0.1) is 0 Å². The Hall–Kier alpha value is -0.230. The van der Waals surface area contributed by atoms with Crippen LogP contribution in [0.3, 0.4) is 0 Å². The average Bonchev–Trinajstić information content (AvgIpc) is 2.41. The second-order valence-corrected chi connectivity index (χ2v) is 6.32. The van der Waals surface area contributed by atoms with E-state index in [1.54, 1.807) is 0 Å². The van der Waals surface area contributed by atoms with Crippen LogP contribution in [-0.4, -0.2) is 0 Å². The summed E-state index contributed by atoms with van der Waals surface area (Å²) in [7, 11) is 0. The Labute approximate surface area is 134 Å². The lowest BCUT2D eigenvalue weighted by Crippen LogP contribution is -2.01. The molecule has 0 N–H and O–H groups in total. The third-order valence-corrected chi connectivity index (χ3v) is 6.45. The molecule has 18 heavy (non-hydrogen) atoms. The van der Waals surface area contributed by atoms with Crippen molar-refractivity contribution in [3.05, 3.63) is 42.7 Å². The molecule has 2 nitrogen and oxygen atoms in total. The highest BCUT2D eigenvalue weighted by molar-refractivity contribution is 9.14. The van der Waals surface area contributed by atoms with E-state index in [9.17, 15) is 0 Å². The van der Waals surface area contributed by atoms with Crippen molar-refractivity contribution in [3.63, 3.8) is 0 Å². The summed E-state index contributed by atoms with van der Waals surface area (Å²) < 4.78 is 13.9. The normalized spacial score (nSPS) is 12.2. The number of para-hydroxylation sites is 2. The fraction of sp³-hybridized carbons (Fsp3) is 0. The molecule has 1 aliphatic rings. The quantitative estimate of drug-likeness (QED) is 0.284. The standard InChI is InChI=1S/C12H4Br3ClO2/c13-7-8(14)10(16)12-11(9(7)15)17-5-3-1-2-4-6(5)18-12/h1-4H. The van der Waals surface area contributed by atoms with E-state index in [-0.39, 0.29) is 0 Å². The first-order chi connectivity index (χ1) is 8.59. The van der Waals surface area contributed by atoms with Crippen molar-refractivity contribution in [2.24, 2.45) is 0 Å². The van der Waals surface area contributed by atoms with Gasteiger partial charge in [-0.3, -0.25) is 0 Å². The molecule has 0 aromatic heterocycles. The molecule has 0 aliphatic carbocycles. The third-order valence-electron chi connectivity index (χ3n) is 2.46. The Morgan fingerprint density at radius 3 is 1.94 bits per heavy atom. The summed E-state index contributed by atoms with van der Waals surface area (Å²) in [5.41, 5.74) is 0. The van der Waals surface area contributed by atoms with Crippen molar-refractivity contribution in [3.8, 4) is 23.0 Å². The fourth-order valence-electron chi connectivity index (χ4n) is 1.61. The van der Waals surface area contributed by atoms with Crippen LogP contribution in [0.1, 0.15) is 0 Å². The van der Waals surface area contributed by atoms with E-state index >= 15 is 0 Å². The molecule has 0 bridgehead atoms. The van der Waals surface area contributed by atoms with Crippen LogP contribution in [0.5, 0.6) is 23.0 Å². The first-order valence-electron chi connectivity index (χ1n) is 4.90. The van der Waals surface area contributed by atoms with Gasteiger partial charge in [0.2, 0.25) is 0 Å². The maximum Gasteiger partial charge on any atom is 0.191 e. The van der Waals surface area contributed by atoms with E-state index < -0.39 is 0 Å². The molecule has 6 heteroatoms. The van der Waals surface area contributed by atoms with Crippen molar-refractivity contribution >= 4 is 59.4 Å². The van der Waals surface area contributed by atoms with E-state index in [4.69, 9.17) is 21.1 Å². The van der Waals surface area contributed by atoms with Crippen LogP contribution in [0.2, 0.25) is 5.02 Å². The van der Waals surface area contributed by atoms with Gasteiger partial charge in [-0.2, -0.15) is 0 Å². The highest BCUT2D eigenvalue weighted by atomic mass is 79.9. The monoisotopic (exact) mass is 452 g/mol. The molecule has 0 amide bonds. The topological polar surface area (TPSA) is 18.5 Å². The Kier molecular flexibility index (Phi) is 3.34. The highest BCUT2D eigenvalue weighted by Gasteiger charge is 2.27. The number of fused-ring (bicyclic) bond motifs is 2. The van der Waals surface area contributed by atoms with Gasteiger partial charge in [-0.1, -0.05) is 23.7 Å². The lowest BCUT2D eigenvalue weighted by Gasteiger charge is -2.23. The van der Waals surface area contributed by atoms with Gasteiger partial charge in [-0.25, -0.2) is 0 Å². The zero-order valence-electron chi connectivity index (χ0n) is 8.64. The van der Waals surface area contributed by atoms with Crippen molar-refractivity contribution in [1.29, 1.82) is 0 Å². The highest BCUT2D eigenvalue weighted by Crippen LogP contribution is 2.56. The molecule has 0 saturated heterocycles. The lowest BCUT2D eigenvalue weighted by atomic mass is 10.2. The van der Waals surface area contributed by atoms with Gasteiger partial charge in [0.1, 0.15) is 5.02 Å². The Bertz CT molecular complexity index is 602. The Balaban J connectivity index is 2.25. The van der Waals surface area contributed by atoms with Gasteiger partial charge in [0.05, 0.1) is 13.4 Å². The molecule has 0 spiro atoms. The molecule has 0 fully saturated rings. The van der Waals surface area contributed by atoms with Gasteiger partial charge in [-0.05, 0) is 59.9 Å². The summed E-state index contributed by atoms with van der Waals surface area (Å²) in [4.78, 5) is 0. The van der Waals surface area contributed by atoms with Gasteiger partial charge >= 0.3 is 0 Å². The first kappa shape index (κ1) is 12.8. The summed E-state index contributed by atoms with van der Waals surface area (Å²) in [6.45, 7) is 0. The SMILES string of the molecule is Clc1c(Br)c(Br)c(Br)c2c1Oc1ccccc1O2. The van der Waals surface area contributed by atoms with Gasteiger partial charge in [0.25, 0.3) is 0 Å². The molecule has 0 atom stereocenters. The number of hydrogen-bond acceptors (Lipinski definition) is 2. The average molecular weight is 455 g/mol. The molecule has 2 aromatic rings. The maximum atomic E-state index is 6.25. The van der Waals surface area contributed by atoms with E-state index in [0.29, 0.717) is 28.0 Å². The summed E-state index contributed by atoms with van der Waals surface area (Å²) in [6, 6.07) is 7.44. The van der Waals surface area contributed by atoms with E-state index in [1.807, 2.05) is 24.3 Å². The Morgan fingerprint density at radius 1 is 0.778 bits per heavy atom. The fourth-order valence-corrected chi connectivity index (χ4v) is 3.43. The zero-order valence-corrected chi connectivity index (χ0v) is 14.2. The number of hydrogen-bond donors (Lipinski definition) is 0. The summed E-state index contributed by atoms with van der Waals surface area (Å²) >= 11 is 16.6. The Morgan fingerprint density at radius 2 is 1.33 bits per heavy atom. The molecule has 1 aliphatic heterocycles. The van der Waals surface area contributed by atoms with Crippen LogP contribution in [-0.2, 0) is 0 Å². The van der Waals surface area contributed by atoms with Crippen LogP contribution in [0, 0.1) is 0 Å². The summed E-state index contributed by atoms with van der Waals surface area (Å²) in [5, 5.41) is 0.467. The number of rotatable bonds is 0. The van der Waals surface area contributed by atoms with Crippen LogP contribution < -0.4 is 9.47 Å². The molecule has 2 aromatic carbocycles. The van der Waals surface area contributed by atoms with Crippen LogP contribution in [0.15, 0.2) is 37.7 Å². The maximum absolute atomic E-state index is 6.25. The molecule has 0 radical (unpaired) electrons. The van der Waals surface area contributed by atoms with Crippen molar-refractivity contribution in [1.82, 2.24) is 0 Å². The minimum Gasteiger partial charge on any atom is -0.448 e. The second-order valence-electron chi connectivity index (χ2n) is 3.57. The summed E-state index contributed by atoms with van der Waals surface area (Å²) in [6.07, 6.45) is 0. The predicted octanol–water partition coefficient (Wildman–Crippen LogP) is 6.53. The molecular weight excluding hydrogens is 451 g/mol. The first-order valence-corrected chi connectivity index (χ1v) is 7.66. The summed E-state index contributed by atoms with van der Waals surface area (Å²) in [5.74, 6) is 2.37. The zero-order chi connectivity index (χ0) is 12.9. The largest absolute Gasteiger partial charge is 0.448 e. The van der Waals surface area contributed by atoms with Crippen molar-refractivity contribution in [2.75, 3.05) is 0 Å². The number of halogens is 4. The van der Waals surface area contributed by atoms with Crippen LogP contribution >= 0.6 is 59.4 Å². The van der Waals surface area contributed by atoms with Crippen LogP contribution in [0.25, 0.3) is 0 Å². The van der Waals surface area contributed by atoms with Gasteiger partial charge in [0.15, 0.2) is 23.0 Å². The van der Waals surface area contributed by atoms with Gasteiger partial charge < -0.3 is 9.47 Å². The molecule has 0 unspecified atom stereocenters. The van der Waals surface area contributed by atoms with Gasteiger partial charge in [0, 0.05) is 0 Å². The van der Waals surface area contributed by atoms with Crippen molar-refractivity contribution < 1.29 is 9.47 Å². The second kappa shape index (κ2) is 4.71. The third kappa shape index (κ3) is 1.88. The van der Waals surface area contributed by atoms with E-state index in [2.05, 4.69) is 47.8 Å². The molecule has 1 heterocycles. The van der Waals surface area contributed by atoms with E-state index in [0.717, 1.165) is 13.4 Å². The molecule has 92 valence electrons. The van der Waals surface area contributed by atoms with E-state index in [1.165, 1.54) is 0 Å². The molecule has 0 saturated carbocycles.